The molecule has 1 N–H and O–H groups in total. The number of carboxylic acids is 1. The standard InChI is InChI=1S/C20H19N5O3S/c1-2-25-18(14-8-4-3-5-9-14)23-24-20(25)29-13-17(26)22-21-12-15-10-6-7-11-16(15)19(27)28/h3-12H,2,13H2,1H3,(H,22,26)(H,27,28)/p-1/b21-12-. The first-order chi connectivity index (χ1) is 14.1. The zero-order valence-electron chi connectivity index (χ0n) is 15.6. The lowest BCUT2D eigenvalue weighted by atomic mass is 10.1. The number of nitrogens with one attached hydrogen (secondary N) is 1. The highest BCUT2D eigenvalue weighted by Crippen LogP contribution is 2.23. The summed E-state index contributed by atoms with van der Waals surface area (Å²) in [6.45, 7) is 2.65. The van der Waals surface area contributed by atoms with E-state index in [1.165, 1.54) is 24.0 Å². The summed E-state index contributed by atoms with van der Waals surface area (Å²) < 4.78 is 1.94. The molecule has 0 radical (unpaired) electrons. The first-order valence-corrected chi connectivity index (χ1v) is 9.82. The van der Waals surface area contributed by atoms with Crippen molar-refractivity contribution in [2.75, 3.05) is 5.75 Å². The fourth-order valence-corrected chi connectivity index (χ4v) is 3.41. The number of carboxylic acid groups (broad SMARTS) is 1. The van der Waals surface area contributed by atoms with E-state index in [2.05, 4.69) is 20.7 Å². The van der Waals surface area contributed by atoms with Crippen LogP contribution in [0.25, 0.3) is 11.4 Å². The summed E-state index contributed by atoms with van der Waals surface area (Å²) in [4.78, 5) is 23.1. The second kappa shape index (κ2) is 9.65. The molecule has 29 heavy (non-hydrogen) atoms. The smallest absolute Gasteiger partial charge is 0.250 e. The van der Waals surface area contributed by atoms with Crippen molar-refractivity contribution >= 4 is 29.9 Å². The minimum atomic E-state index is -1.30. The third-order valence-electron chi connectivity index (χ3n) is 3.97. The number of rotatable bonds is 8. The second-order valence-electron chi connectivity index (χ2n) is 5.87. The summed E-state index contributed by atoms with van der Waals surface area (Å²) in [5, 5.41) is 23.9. The largest absolute Gasteiger partial charge is 0.545 e. The van der Waals surface area contributed by atoms with E-state index in [-0.39, 0.29) is 17.2 Å². The van der Waals surface area contributed by atoms with Crippen LogP contribution >= 0.6 is 11.8 Å². The fraction of sp³-hybridized carbons (Fsp3) is 0.150. The quantitative estimate of drug-likeness (QED) is 0.344. The van der Waals surface area contributed by atoms with Crippen molar-refractivity contribution in [3.63, 3.8) is 0 Å². The number of hydrogen-bond acceptors (Lipinski definition) is 7. The van der Waals surface area contributed by atoms with Crippen LogP contribution in [0, 0.1) is 0 Å². The van der Waals surface area contributed by atoms with Crippen molar-refractivity contribution in [3.8, 4) is 11.4 Å². The fourth-order valence-electron chi connectivity index (χ4n) is 2.61. The highest BCUT2D eigenvalue weighted by molar-refractivity contribution is 7.99. The normalized spacial score (nSPS) is 10.9. The Hall–Kier alpha value is -3.46. The van der Waals surface area contributed by atoms with Gasteiger partial charge in [-0.05, 0) is 6.92 Å². The molecule has 0 spiro atoms. The maximum absolute atomic E-state index is 12.1. The summed E-state index contributed by atoms with van der Waals surface area (Å²) in [6.07, 6.45) is 1.27. The number of benzene rings is 2. The molecule has 0 fully saturated rings. The predicted molar refractivity (Wildman–Crippen MR) is 108 cm³/mol. The van der Waals surface area contributed by atoms with Crippen LogP contribution in [-0.4, -0.2) is 38.6 Å². The molecule has 8 nitrogen and oxygen atoms in total. The van der Waals surface area contributed by atoms with Gasteiger partial charge in [-0.1, -0.05) is 66.4 Å². The van der Waals surface area contributed by atoms with E-state index < -0.39 is 5.97 Å². The Labute approximate surface area is 171 Å². The van der Waals surface area contributed by atoms with Crippen molar-refractivity contribution < 1.29 is 14.7 Å². The molecule has 3 aromatic rings. The molecular formula is C20H18N5O3S-. The van der Waals surface area contributed by atoms with Crippen LogP contribution in [0.15, 0.2) is 64.9 Å². The van der Waals surface area contributed by atoms with Gasteiger partial charge >= 0.3 is 0 Å². The minimum Gasteiger partial charge on any atom is -0.545 e. The molecular weight excluding hydrogens is 390 g/mol. The van der Waals surface area contributed by atoms with E-state index in [0.717, 1.165) is 11.4 Å². The molecule has 0 bridgehead atoms. The minimum absolute atomic E-state index is 0.00404. The summed E-state index contributed by atoms with van der Waals surface area (Å²) in [5.41, 5.74) is 3.69. The highest BCUT2D eigenvalue weighted by Gasteiger charge is 2.14. The van der Waals surface area contributed by atoms with Crippen LogP contribution in [0.4, 0.5) is 0 Å². The Morgan fingerprint density at radius 1 is 1.14 bits per heavy atom. The number of aromatic carboxylic acids is 1. The molecule has 0 unspecified atom stereocenters. The van der Waals surface area contributed by atoms with Gasteiger partial charge in [-0.2, -0.15) is 5.10 Å². The lowest BCUT2D eigenvalue weighted by Gasteiger charge is -2.07. The number of nitrogens with zero attached hydrogens (tertiary/aromatic N) is 4. The lowest BCUT2D eigenvalue weighted by Crippen LogP contribution is -2.24. The van der Waals surface area contributed by atoms with Gasteiger partial charge in [0.05, 0.1) is 17.9 Å². The maximum Gasteiger partial charge on any atom is 0.250 e. The number of aromatic nitrogens is 3. The van der Waals surface area contributed by atoms with E-state index in [9.17, 15) is 14.7 Å². The molecule has 9 heteroatoms. The number of hydrogen-bond donors (Lipinski definition) is 1. The summed E-state index contributed by atoms with van der Waals surface area (Å²) in [5.74, 6) is -0.814. The SMILES string of the molecule is CCn1c(SCC(=O)N/N=C\c2ccccc2C(=O)[O-])nnc1-c1ccccc1. The Balaban J connectivity index is 1.60. The summed E-state index contributed by atoms with van der Waals surface area (Å²) in [6, 6.07) is 16.0. The van der Waals surface area contributed by atoms with Crippen molar-refractivity contribution in [1.29, 1.82) is 0 Å². The molecule has 148 valence electrons. The first-order valence-electron chi connectivity index (χ1n) is 8.84. The number of carbonyl (C=O) groups excluding carboxylic acids is 2. The van der Waals surface area contributed by atoms with Crippen LogP contribution in [0.1, 0.15) is 22.8 Å². The first kappa shape index (κ1) is 20.3. The van der Waals surface area contributed by atoms with Crippen molar-refractivity contribution in [1.82, 2.24) is 20.2 Å². The molecule has 0 atom stereocenters. The van der Waals surface area contributed by atoms with Gasteiger partial charge in [0.15, 0.2) is 11.0 Å². The summed E-state index contributed by atoms with van der Waals surface area (Å²) >= 11 is 1.25. The van der Waals surface area contributed by atoms with Crippen LogP contribution < -0.4 is 10.5 Å². The Morgan fingerprint density at radius 3 is 2.59 bits per heavy atom. The topological polar surface area (TPSA) is 112 Å². The van der Waals surface area contributed by atoms with Crippen LogP contribution in [0.3, 0.4) is 0 Å². The van der Waals surface area contributed by atoms with E-state index >= 15 is 0 Å². The van der Waals surface area contributed by atoms with E-state index in [0.29, 0.717) is 17.3 Å². The second-order valence-corrected chi connectivity index (χ2v) is 6.82. The maximum atomic E-state index is 12.1. The van der Waals surface area contributed by atoms with Gasteiger partial charge in [0.1, 0.15) is 0 Å². The summed E-state index contributed by atoms with van der Waals surface area (Å²) in [7, 11) is 0. The van der Waals surface area contributed by atoms with Crippen LogP contribution in [0.5, 0.6) is 0 Å². The lowest BCUT2D eigenvalue weighted by molar-refractivity contribution is -0.255. The van der Waals surface area contributed by atoms with Crippen molar-refractivity contribution in [2.45, 2.75) is 18.6 Å². The van der Waals surface area contributed by atoms with Gasteiger partial charge in [0.25, 0.3) is 5.91 Å². The molecule has 1 heterocycles. The number of thioether (sulfide) groups is 1. The van der Waals surface area contributed by atoms with E-state index in [4.69, 9.17) is 0 Å². The van der Waals surface area contributed by atoms with Gasteiger partial charge in [-0.3, -0.25) is 4.79 Å². The highest BCUT2D eigenvalue weighted by atomic mass is 32.2. The molecule has 1 aromatic heterocycles. The van der Waals surface area contributed by atoms with E-state index in [1.807, 2.05) is 41.8 Å². The average molecular weight is 408 g/mol. The molecule has 0 saturated carbocycles. The third kappa shape index (κ3) is 5.08. The monoisotopic (exact) mass is 408 g/mol. The van der Waals surface area contributed by atoms with Crippen LogP contribution in [-0.2, 0) is 11.3 Å². The molecule has 0 aliphatic heterocycles. The molecule has 3 rings (SSSR count). The Morgan fingerprint density at radius 2 is 1.86 bits per heavy atom. The zero-order valence-corrected chi connectivity index (χ0v) is 16.4. The zero-order chi connectivity index (χ0) is 20.6. The average Bonchev–Trinajstić information content (AvgIpc) is 3.16. The molecule has 0 saturated heterocycles. The van der Waals surface area contributed by atoms with Gasteiger partial charge in [0.2, 0.25) is 0 Å². The van der Waals surface area contributed by atoms with Crippen molar-refractivity contribution in [2.24, 2.45) is 5.10 Å². The molecule has 0 aliphatic rings. The number of hydrazone groups is 1. The van der Waals surface area contributed by atoms with Gasteiger partial charge < -0.3 is 14.5 Å². The Kier molecular flexibility index (Phi) is 6.75. The molecule has 2 aromatic carbocycles. The molecule has 0 aliphatic carbocycles. The van der Waals surface area contributed by atoms with Gasteiger partial charge in [-0.25, -0.2) is 5.43 Å². The van der Waals surface area contributed by atoms with Gasteiger partial charge in [-0.15, -0.1) is 10.2 Å². The predicted octanol–water partition coefficient (Wildman–Crippen LogP) is 1.57. The third-order valence-corrected chi connectivity index (χ3v) is 4.94. The Bertz CT molecular complexity index is 1030. The van der Waals surface area contributed by atoms with E-state index in [1.54, 1.807) is 18.2 Å². The number of amides is 1. The van der Waals surface area contributed by atoms with Crippen molar-refractivity contribution in [3.05, 3.63) is 65.7 Å². The van der Waals surface area contributed by atoms with Gasteiger partial charge in [0, 0.05) is 23.2 Å². The van der Waals surface area contributed by atoms with Crippen LogP contribution in [0.2, 0.25) is 0 Å². The molecule has 1 amide bonds. The number of carbonyl (C=O) groups is 2.